The molecule has 1 N–H and O–H groups in total. The van der Waals surface area contributed by atoms with E-state index < -0.39 is 11.9 Å². The minimum atomic E-state index is -0.943. The van der Waals surface area contributed by atoms with E-state index in [0.29, 0.717) is 36.7 Å². The van der Waals surface area contributed by atoms with Crippen molar-refractivity contribution in [2.75, 3.05) is 26.0 Å². The minimum absolute atomic E-state index is 0.119. The highest BCUT2D eigenvalue weighted by Crippen LogP contribution is 2.52. The first-order valence-electron chi connectivity index (χ1n) is 10.5. The van der Waals surface area contributed by atoms with Crippen LogP contribution in [0.3, 0.4) is 0 Å². The van der Waals surface area contributed by atoms with Crippen LogP contribution in [0.2, 0.25) is 5.15 Å². The SMILES string of the molecule is CSc1nc2c(F)c(Cl)ncc2c2c1cc(CN1CCOC1=O)n2C1C2CC1N(C(=O)O)C2. The maximum atomic E-state index is 15.0. The van der Waals surface area contributed by atoms with E-state index in [0.717, 1.165) is 23.0 Å². The van der Waals surface area contributed by atoms with Gasteiger partial charge in [-0.3, -0.25) is 4.90 Å². The predicted octanol–water partition coefficient (Wildman–Crippen LogP) is 3.97. The average molecular weight is 492 g/mol. The summed E-state index contributed by atoms with van der Waals surface area (Å²) in [5.41, 5.74) is 1.69. The van der Waals surface area contributed by atoms with Crippen LogP contribution in [0.25, 0.3) is 21.8 Å². The number of hydrogen-bond donors (Lipinski definition) is 1. The number of carboxylic acid groups (broad SMARTS) is 1. The van der Waals surface area contributed by atoms with Gasteiger partial charge in [0.1, 0.15) is 17.1 Å². The molecule has 172 valence electrons. The summed E-state index contributed by atoms with van der Waals surface area (Å²) in [6.45, 7) is 1.55. The lowest BCUT2D eigenvalue weighted by molar-refractivity contribution is 0.123. The standard InChI is InChI=1S/C21H19ClFN5O4S/c1-33-19-11-5-10(8-26-2-3-32-21(26)31)28(16-9-4-13(16)27(7-9)20(29)30)17(11)12-6-24-18(22)14(23)15(12)25-19/h5-6,9,13,16H,2-4,7-8H2,1H3,(H,29,30). The molecule has 2 amide bonds. The molecule has 4 aliphatic rings. The van der Waals surface area contributed by atoms with Gasteiger partial charge in [0.05, 0.1) is 30.7 Å². The fraction of sp³-hybridized carbons (Fsp3) is 0.429. The topological polar surface area (TPSA) is 101 Å². The molecule has 1 saturated carbocycles. The molecule has 6 heterocycles. The largest absolute Gasteiger partial charge is 0.465 e. The summed E-state index contributed by atoms with van der Waals surface area (Å²) in [7, 11) is 0. The van der Waals surface area contributed by atoms with E-state index in [4.69, 9.17) is 16.3 Å². The van der Waals surface area contributed by atoms with Gasteiger partial charge in [-0.05, 0) is 18.7 Å². The van der Waals surface area contributed by atoms with Crippen molar-refractivity contribution in [3.05, 3.63) is 28.9 Å². The van der Waals surface area contributed by atoms with Crippen LogP contribution in [0.1, 0.15) is 18.2 Å². The number of hydrogen-bond acceptors (Lipinski definition) is 6. The van der Waals surface area contributed by atoms with Crippen molar-refractivity contribution in [2.45, 2.75) is 30.1 Å². The van der Waals surface area contributed by atoms with E-state index in [-0.39, 0.29) is 34.8 Å². The van der Waals surface area contributed by atoms with E-state index in [1.165, 1.54) is 22.9 Å². The number of carbonyl (C=O) groups is 2. The number of amides is 2. The number of halogens is 2. The van der Waals surface area contributed by atoms with Gasteiger partial charge in [0.15, 0.2) is 11.0 Å². The molecule has 3 unspecified atom stereocenters. The van der Waals surface area contributed by atoms with Crippen molar-refractivity contribution in [2.24, 2.45) is 5.92 Å². The number of thioether (sulfide) groups is 1. The van der Waals surface area contributed by atoms with E-state index in [2.05, 4.69) is 14.5 Å². The fourth-order valence-corrected chi connectivity index (χ4v) is 6.19. The molecule has 0 radical (unpaired) electrons. The van der Waals surface area contributed by atoms with Crippen LogP contribution in [0.15, 0.2) is 17.3 Å². The molecule has 9 nitrogen and oxygen atoms in total. The number of carbonyl (C=O) groups excluding carboxylic acids is 1. The molecule has 1 aliphatic carbocycles. The summed E-state index contributed by atoms with van der Waals surface area (Å²) in [5.74, 6) is -0.551. The molecule has 3 saturated heterocycles. The summed E-state index contributed by atoms with van der Waals surface area (Å²) in [5, 5.41) is 11.4. The molecular formula is C21H19ClFN5O4S. The molecule has 3 aromatic rings. The van der Waals surface area contributed by atoms with Crippen molar-refractivity contribution in [3.8, 4) is 0 Å². The van der Waals surface area contributed by atoms with E-state index >= 15 is 0 Å². The molecule has 12 heteroatoms. The Hall–Kier alpha value is -2.79. The molecular weight excluding hydrogens is 473 g/mol. The second-order valence-electron chi connectivity index (χ2n) is 8.54. The van der Waals surface area contributed by atoms with Crippen molar-refractivity contribution in [3.63, 3.8) is 0 Å². The zero-order valence-corrected chi connectivity index (χ0v) is 19.1. The number of cyclic esters (lactones) is 1. The van der Waals surface area contributed by atoms with Crippen molar-refractivity contribution in [1.82, 2.24) is 24.3 Å². The first-order valence-corrected chi connectivity index (χ1v) is 12.1. The quantitative estimate of drug-likeness (QED) is 0.435. The third-order valence-electron chi connectivity index (χ3n) is 6.95. The van der Waals surface area contributed by atoms with Crippen molar-refractivity contribution in [1.29, 1.82) is 0 Å². The lowest BCUT2D eigenvalue weighted by atomic mass is 9.79. The number of aromatic nitrogens is 3. The van der Waals surface area contributed by atoms with Gasteiger partial charge in [-0.25, -0.2) is 23.9 Å². The Balaban J connectivity index is 1.62. The number of ether oxygens (including phenoxy) is 1. The van der Waals surface area contributed by atoms with Crippen LogP contribution < -0.4 is 0 Å². The summed E-state index contributed by atoms with van der Waals surface area (Å²) in [6, 6.07) is 1.67. The molecule has 3 atom stereocenters. The zero-order valence-electron chi connectivity index (χ0n) is 17.5. The van der Waals surface area contributed by atoms with E-state index in [1.54, 1.807) is 4.90 Å². The number of fused-ring (bicyclic) bond motifs is 4. The molecule has 0 aromatic carbocycles. The average Bonchev–Trinajstić information content (AvgIpc) is 3.55. The Labute approximate surface area is 196 Å². The number of rotatable bonds is 4. The van der Waals surface area contributed by atoms with Gasteiger partial charge in [-0.1, -0.05) is 11.6 Å². The van der Waals surface area contributed by atoms with Gasteiger partial charge in [-0.2, -0.15) is 0 Å². The van der Waals surface area contributed by atoms with Gasteiger partial charge in [0.25, 0.3) is 0 Å². The molecule has 3 aromatic heterocycles. The third-order valence-corrected chi connectivity index (χ3v) is 7.92. The van der Waals surface area contributed by atoms with Crippen LogP contribution >= 0.6 is 23.4 Å². The Morgan fingerprint density at radius 3 is 2.91 bits per heavy atom. The number of nitrogens with zero attached hydrogens (tertiary/aromatic N) is 5. The predicted molar refractivity (Wildman–Crippen MR) is 119 cm³/mol. The van der Waals surface area contributed by atoms with Crippen LogP contribution in [-0.2, 0) is 11.3 Å². The smallest absolute Gasteiger partial charge is 0.410 e. The van der Waals surface area contributed by atoms with E-state index in [9.17, 15) is 19.1 Å². The van der Waals surface area contributed by atoms with Crippen LogP contribution in [0.4, 0.5) is 14.0 Å². The van der Waals surface area contributed by atoms with Gasteiger partial charge < -0.3 is 19.3 Å². The van der Waals surface area contributed by atoms with Crippen molar-refractivity contribution < 1.29 is 23.8 Å². The first-order chi connectivity index (χ1) is 15.9. The second-order valence-corrected chi connectivity index (χ2v) is 9.69. The maximum absolute atomic E-state index is 15.0. The van der Waals surface area contributed by atoms with Crippen LogP contribution in [0, 0.1) is 11.7 Å². The Kier molecular flexibility index (Phi) is 4.64. The second kappa shape index (κ2) is 7.36. The monoisotopic (exact) mass is 491 g/mol. The summed E-state index contributed by atoms with van der Waals surface area (Å²) < 4.78 is 22.1. The maximum Gasteiger partial charge on any atom is 0.410 e. The minimum Gasteiger partial charge on any atom is -0.465 e. The molecule has 33 heavy (non-hydrogen) atoms. The summed E-state index contributed by atoms with van der Waals surface area (Å²) in [6.07, 6.45) is 2.83. The molecule has 0 spiro atoms. The Bertz CT molecular complexity index is 1350. The van der Waals surface area contributed by atoms with Gasteiger partial charge >= 0.3 is 12.2 Å². The highest BCUT2D eigenvalue weighted by molar-refractivity contribution is 7.98. The van der Waals surface area contributed by atoms with Gasteiger partial charge in [-0.15, -0.1) is 11.8 Å². The normalized spacial score (nSPS) is 24.1. The molecule has 7 rings (SSSR count). The van der Waals surface area contributed by atoms with Crippen molar-refractivity contribution >= 4 is 57.4 Å². The number of pyridine rings is 2. The first kappa shape index (κ1) is 20.8. The van der Waals surface area contributed by atoms with Crippen LogP contribution in [-0.4, -0.2) is 73.6 Å². The summed E-state index contributed by atoms with van der Waals surface area (Å²) in [4.78, 5) is 35.6. The zero-order chi connectivity index (χ0) is 23.0. The molecule has 2 bridgehead atoms. The highest BCUT2D eigenvalue weighted by Gasteiger charge is 2.55. The fourth-order valence-electron chi connectivity index (χ4n) is 5.49. The van der Waals surface area contributed by atoms with Gasteiger partial charge in [0, 0.05) is 35.1 Å². The highest BCUT2D eigenvalue weighted by atomic mass is 35.5. The molecule has 4 fully saturated rings. The lowest BCUT2D eigenvalue weighted by Crippen LogP contribution is -2.43. The summed E-state index contributed by atoms with van der Waals surface area (Å²) >= 11 is 7.34. The van der Waals surface area contributed by atoms with E-state index in [1.807, 2.05) is 12.3 Å². The van der Waals surface area contributed by atoms with Crippen LogP contribution in [0.5, 0.6) is 0 Å². The molecule has 3 aliphatic heterocycles. The Morgan fingerprint density at radius 1 is 1.42 bits per heavy atom. The third kappa shape index (κ3) is 2.91. The van der Waals surface area contributed by atoms with Gasteiger partial charge in [0.2, 0.25) is 0 Å². The Morgan fingerprint density at radius 2 is 2.24 bits per heavy atom. The lowest BCUT2D eigenvalue weighted by Gasteiger charge is -2.39.